The lowest BCUT2D eigenvalue weighted by Crippen LogP contribution is -2.23. The van der Waals surface area contributed by atoms with E-state index in [-0.39, 0.29) is 11.8 Å². The number of fused-ring (bicyclic) bond motifs is 1. The van der Waals surface area contributed by atoms with Gasteiger partial charge in [-0.3, -0.25) is 4.79 Å². The van der Waals surface area contributed by atoms with Gasteiger partial charge in [0.25, 0.3) is 5.91 Å². The average Bonchev–Trinajstić information content (AvgIpc) is 3.18. The number of rotatable bonds is 4. The van der Waals surface area contributed by atoms with Crippen molar-refractivity contribution in [3.8, 4) is 17.1 Å². The maximum Gasteiger partial charge on any atom is 0.261 e. The van der Waals surface area contributed by atoms with Crippen molar-refractivity contribution in [2.45, 2.75) is 19.3 Å². The van der Waals surface area contributed by atoms with Crippen LogP contribution in [0.4, 0.5) is 0 Å². The van der Waals surface area contributed by atoms with Crippen LogP contribution in [0, 0.1) is 0 Å². The van der Waals surface area contributed by atoms with Crippen molar-refractivity contribution >= 4 is 12.1 Å². The van der Waals surface area contributed by atoms with E-state index in [9.17, 15) is 4.79 Å². The minimum Gasteiger partial charge on any atom is -0.480 e. The van der Waals surface area contributed by atoms with Gasteiger partial charge < -0.3 is 14.6 Å². The molecule has 2 aromatic heterocycles. The summed E-state index contributed by atoms with van der Waals surface area (Å²) in [6.07, 6.45) is 10.2. The summed E-state index contributed by atoms with van der Waals surface area (Å²) < 4.78 is 7.21. The maximum absolute atomic E-state index is 12.7. The normalized spacial score (nSPS) is 15.7. The van der Waals surface area contributed by atoms with Crippen molar-refractivity contribution in [3.05, 3.63) is 84.1 Å². The van der Waals surface area contributed by atoms with Crippen LogP contribution in [0.3, 0.4) is 0 Å². The molecule has 0 aliphatic carbocycles. The van der Waals surface area contributed by atoms with Crippen molar-refractivity contribution in [2.75, 3.05) is 7.11 Å². The highest BCUT2D eigenvalue weighted by Crippen LogP contribution is 2.27. The Labute approximate surface area is 169 Å². The van der Waals surface area contributed by atoms with Crippen LogP contribution in [0.1, 0.15) is 35.4 Å². The van der Waals surface area contributed by atoms with Gasteiger partial charge in [-0.15, -0.1) is 0 Å². The van der Waals surface area contributed by atoms with Crippen LogP contribution in [0.25, 0.3) is 17.5 Å². The molecule has 6 heteroatoms. The van der Waals surface area contributed by atoms with Crippen LogP contribution in [-0.2, 0) is 0 Å². The first-order valence-corrected chi connectivity index (χ1v) is 9.48. The molecule has 1 unspecified atom stereocenters. The zero-order chi connectivity index (χ0) is 20.2. The number of imidazole rings is 1. The van der Waals surface area contributed by atoms with Crippen LogP contribution in [0.2, 0.25) is 0 Å². The molecule has 6 nitrogen and oxygen atoms in total. The summed E-state index contributed by atoms with van der Waals surface area (Å²) in [5.74, 6) is 1.25. The highest BCUT2D eigenvalue weighted by molar-refractivity contribution is 5.97. The number of hydrogen-bond donors (Lipinski definition) is 1. The molecule has 0 saturated heterocycles. The molecular weight excluding hydrogens is 364 g/mol. The molecule has 1 atom stereocenters. The first-order valence-electron chi connectivity index (χ1n) is 9.48. The maximum atomic E-state index is 12.7. The number of amides is 1. The fourth-order valence-corrected chi connectivity index (χ4v) is 3.30. The minimum atomic E-state index is -0.255. The van der Waals surface area contributed by atoms with Gasteiger partial charge in [0.05, 0.1) is 12.8 Å². The van der Waals surface area contributed by atoms with Gasteiger partial charge in [-0.25, -0.2) is 9.97 Å². The van der Waals surface area contributed by atoms with Gasteiger partial charge in [-0.2, -0.15) is 0 Å². The molecule has 4 rings (SSSR count). The van der Waals surface area contributed by atoms with E-state index in [2.05, 4.69) is 29.4 Å². The monoisotopic (exact) mass is 386 g/mol. The van der Waals surface area contributed by atoms with E-state index < -0.39 is 0 Å². The van der Waals surface area contributed by atoms with Gasteiger partial charge in [-0.1, -0.05) is 43.3 Å². The molecule has 0 radical (unpaired) electrons. The molecule has 0 saturated carbocycles. The molecule has 1 N–H and O–H groups in total. The first-order chi connectivity index (χ1) is 14.2. The summed E-state index contributed by atoms with van der Waals surface area (Å²) in [4.78, 5) is 21.6. The quantitative estimate of drug-likeness (QED) is 0.728. The first kappa shape index (κ1) is 18.7. The van der Waals surface area contributed by atoms with Gasteiger partial charge in [-0.05, 0) is 24.6 Å². The predicted molar refractivity (Wildman–Crippen MR) is 112 cm³/mol. The van der Waals surface area contributed by atoms with E-state index in [1.165, 1.54) is 7.11 Å². The average molecular weight is 386 g/mol. The minimum absolute atomic E-state index is 0.206. The zero-order valence-electron chi connectivity index (χ0n) is 16.4. The number of allylic oxidation sites excluding steroid dienone is 2. The second kappa shape index (κ2) is 8.14. The molecule has 0 fully saturated rings. The Balaban J connectivity index is 1.58. The SMILES string of the molecule is COc1ncccc1C(=O)NC1=CCC(C)c2nc(-c3ccccc3)cn2C=C1. The number of pyridine rings is 1. The summed E-state index contributed by atoms with van der Waals surface area (Å²) in [6.45, 7) is 2.13. The van der Waals surface area contributed by atoms with Gasteiger partial charge in [0.2, 0.25) is 5.88 Å². The summed E-state index contributed by atoms with van der Waals surface area (Å²) >= 11 is 0. The standard InChI is InChI=1S/C23H22N4O2/c1-16-10-11-18(25-22(28)19-9-6-13-24-23(19)29-2)12-14-27-15-20(26-21(16)27)17-7-4-3-5-8-17/h3-9,11-16H,10H2,1-2H3,(H,25,28). The third-order valence-corrected chi connectivity index (χ3v) is 4.84. The fraction of sp³-hybridized carbons (Fsp3) is 0.174. The largest absolute Gasteiger partial charge is 0.480 e. The number of benzene rings is 1. The molecular formula is C23H22N4O2. The zero-order valence-corrected chi connectivity index (χ0v) is 16.4. The Morgan fingerprint density at radius 2 is 2.03 bits per heavy atom. The van der Waals surface area contributed by atoms with Crippen LogP contribution < -0.4 is 10.1 Å². The van der Waals surface area contributed by atoms with Crippen molar-refractivity contribution in [3.63, 3.8) is 0 Å². The van der Waals surface area contributed by atoms with Gasteiger partial charge in [0.15, 0.2) is 0 Å². The molecule has 146 valence electrons. The number of ether oxygens (including phenoxy) is 1. The Kier molecular flexibility index (Phi) is 5.24. The number of aromatic nitrogens is 3. The van der Waals surface area contributed by atoms with E-state index in [4.69, 9.17) is 9.72 Å². The third kappa shape index (κ3) is 3.96. The van der Waals surface area contributed by atoms with E-state index in [1.54, 1.807) is 18.3 Å². The second-order valence-electron chi connectivity index (χ2n) is 6.88. The molecule has 1 amide bonds. The predicted octanol–water partition coefficient (Wildman–Crippen LogP) is 4.25. The van der Waals surface area contributed by atoms with E-state index in [0.29, 0.717) is 11.4 Å². The molecule has 0 spiro atoms. The smallest absolute Gasteiger partial charge is 0.261 e. The van der Waals surface area contributed by atoms with Crippen LogP contribution >= 0.6 is 0 Å². The lowest BCUT2D eigenvalue weighted by molar-refractivity contribution is 0.0963. The molecule has 0 bridgehead atoms. The molecule has 3 heterocycles. The Hall–Kier alpha value is -3.67. The molecule has 3 aromatic rings. The van der Waals surface area contributed by atoms with E-state index in [1.807, 2.05) is 47.3 Å². The highest BCUT2D eigenvalue weighted by Gasteiger charge is 2.18. The summed E-state index contributed by atoms with van der Waals surface area (Å²) in [5, 5.41) is 2.95. The van der Waals surface area contributed by atoms with E-state index in [0.717, 1.165) is 29.2 Å². The van der Waals surface area contributed by atoms with Crippen molar-refractivity contribution < 1.29 is 9.53 Å². The summed E-state index contributed by atoms with van der Waals surface area (Å²) in [6, 6.07) is 13.5. The van der Waals surface area contributed by atoms with Gasteiger partial charge in [0.1, 0.15) is 11.4 Å². The number of carbonyl (C=O) groups is 1. The third-order valence-electron chi connectivity index (χ3n) is 4.84. The number of carbonyl (C=O) groups excluding carboxylic acids is 1. The van der Waals surface area contributed by atoms with Crippen LogP contribution in [0.5, 0.6) is 5.88 Å². The second-order valence-corrected chi connectivity index (χ2v) is 6.88. The number of hydrogen-bond acceptors (Lipinski definition) is 4. The van der Waals surface area contributed by atoms with Crippen molar-refractivity contribution in [1.82, 2.24) is 19.9 Å². The van der Waals surface area contributed by atoms with E-state index >= 15 is 0 Å². The molecule has 1 aliphatic heterocycles. The summed E-state index contributed by atoms with van der Waals surface area (Å²) in [5.41, 5.74) is 3.14. The van der Waals surface area contributed by atoms with Crippen molar-refractivity contribution in [2.24, 2.45) is 0 Å². The topological polar surface area (TPSA) is 69.0 Å². The molecule has 1 aromatic carbocycles. The molecule has 29 heavy (non-hydrogen) atoms. The number of methoxy groups -OCH3 is 1. The fourth-order valence-electron chi connectivity index (χ4n) is 3.30. The Morgan fingerprint density at radius 1 is 1.21 bits per heavy atom. The lowest BCUT2D eigenvalue weighted by atomic mass is 10.1. The van der Waals surface area contributed by atoms with Gasteiger partial charge >= 0.3 is 0 Å². The van der Waals surface area contributed by atoms with Gasteiger partial charge in [0, 0.05) is 35.8 Å². The Bertz CT molecular complexity index is 1080. The van der Waals surface area contributed by atoms with Crippen LogP contribution in [0.15, 0.2) is 72.7 Å². The molecule has 1 aliphatic rings. The number of nitrogens with one attached hydrogen (secondary N) is 1. The van der Waals surface area contributed by atoms with Crippen molar-refractivity contribution in [1.29, 1.82) is 0 Å². The number of nitrogens with zero attached hydrogens (tertiary/aromatic N) is 3. The summed E-state index contributed by atoms with van der Waals surface area (Å²) in [7, 11) is 1.50. The highest BCUT2D eigenvalue weighted by atomic mass is 16.5. The lowest BCUT2D eigenvalue weighted by Gasteiger charge is -2.14. The Morgan fingerprint density at radius 3 is 2.83 bits per heavy atom. The van der Waals surface area contributed by atoms with Crippen LogP contribution in [-0.4, -0.2) is 27.6 Å².